The number of hydrogen-bond donors (Lipinski definition) is 1. The molecule has 2 N–H and O–H groups in total. The molecule has 80 valence electrons. The van der Waals surface area contributed by atoms with Crippen molar-refractivity contribution in [1.82, 2.24) is 0 Å². The zero-order valence-electron chi connectivity index (χ0n) is 8.53. The molecule has 0 saturated carbocycles. The van der Waals surface area contributed by atoms with Crippen molar-refractivity contribution in [3.63, 3.8) is 0 Å². The normalized spacial score (nSPS) is 21.1. The zero-order valence-corrected chi connectivity index (χ0v) is 9.29. The van der Waals surface area contributed by atoms with Gasteiger partial charge in [-0.15, -0.1) is 0 Å². The maximum absolute atomic E-state index is 11.6. The summed E-state index contributed by atoms with van der Waals surface area (Å²) in [4.78, 5) is 13.4. The van der Waals surface area contributed by atoms with Crippen LogP contribution in [0.2, 0.25) is 5.02 Å². The van der Waals surface area contributed by atoms with E-state index < -0.39 is 0 Å². The van der Waals surface area contributed by atoms with E-state index in [1.54, 1.807) is 11.0 Å². The third-order valence-electron chi connectivity index (χ3n) is 2.60. The third kappa shape index (κ3) is 1.98. The van der Waals surface area contributed by atoms with E-state index in [0.29, 0.717) is 18.0 Å². The summed E-state index contributed by atoms with van der Waals surface area (Å²) in [6, 6.07) is 5.47. The largest absolute Gasteiger partial charge is 0.326 e. The smallest absolute Gasteiger partial charge is 0.228 e. The first-order valence-electron chi connectivity index (χ1n) is 4.90. The van der Waals surface area contributed by atoms with Crippen LogP contribution in [0.25, 0.3) is 0 Å². The molecule has 2 rings (SSSR count). The summed E-state index contributed by atoms with van der Waals surface area (Å²) in [5.74, 6) is 0.0907. The summed E-state index contributed by atoms with van der Waals surface area (Å²) in [6.07, 6.45) is 0.433. The highest BCUT2D eigenvalue weighted by Gasteiger charge is 2.28. The Balaban J connectivity index is 2.34. The highest BCUT2D eigenvalue weighted by Crippen LogP contribution is 2.26. The van der Waals surface area contributed by atoms with E-state index >= 15 is 0 Å². The van der Waals surface area contributed by atoms with Crippen molar-refractivity contribution in [2.75, 3.05) is 11.4 Å². The Bertz CT molecular complexity index is 406. The predicted octanol–water partition coefficient (Wildman–Crippen LogP) is 1.71. The number of amides is 1. The van der Waals surface area contributed by atoms with Crippen molar-refractivity contribution in [2.24, 2.45) is 5.73 Å². The van der Waals surface area contributed by atoms with Gasteiger partial charge in [-0.2, -0.15) is 0 Å². The zero-order chi connectivity index (χ0) is 11.0. The molecule has 15 heavy (non-hydrogen) atoms. The van der Waals surface area contributed by atoms with Gasteiger partial charge in [0.05, 0.1) is 0 Å². The number of benzene rings is 1. The summed E-state index contributed by atoms with van der Waals surface area (Å²) in [7, 11) is 0. The standard InChI is InChI=1S/C11H13ClN2O/c1-7-4-8(12)2-3-10(7)14-6-9(13)5-11(14)15/h2-4,9H,5-6,13H2,1H3. The average Bonchev–Trinajstić information content (AvgIpc) is 2.45. The molecule has 1 amide bonds. The van der Waals surface area contributed by atoms with E-state index in [-0.39, 0.29) is 11.9 Å². The Hall–Kier alpha value is -1.06. The molecule has 1 aromatic rings. The summed E-state index contributed by atoms with van der Waals surface area (Å²) >= 11 is 5.86. The van der Waals surface area contributed by atoms with E-state index in [1.807, 2.05) is 19.1 Å². The first-order chi connectivity index (χ1) is 7.08. The molecule has 0 radical (unpaired) electrons. The van der Waals surface area contributed by atoms with E-state index in [0.717, 1.165) is 11.3 Å². The highest BCUT2D eigenvalue weighted by atomic mass is 35.5. The van der Waals surface area contributed by atoms with Crippen molar-refractivity contribution in [3.8, 4) is 0 Å². The van der Waals surface area contributed by atoms with Crippen molar-refractivity contribution in [3.05, 3.63) is 28.8 Å². The average molecular weight is 225 g/mol. The molecule has 4 heteroatoms. The number of nitrogens with zero attached hydrogens (tertiary/aromatic N) is 1. The number of carbonyl (C=O) groups is 1. The van der Waals surface area contributed by atoms with Gasteiger partial charge in [0, 0.05) is 29.7 Å². The van der Waals surface area contributed by atoms with Crippen LogP contribution in [0.3, 0.4) is 0 Å². The van der Waals surface area contributed by atoms with Crippen LogP contribution in [0.15, 0.2) is 18.2 Å². The number of rotatable bonds is 1. The van der Waals surface area contributed by atoms with Crippen LogP contribution < -0.4 is 10.6 Å². The molecule has 1 atom stereocenters. The molecular formula is C11H13ClN2O. The van der Waals surface area contributed by atoms with Crippen molar-refractivity contribution in [2.45, 2.75) is 19.4 Å². The molecule has 0 aromatic heterocycles. The first-order valence-corrected chi connectivity index (χ1v) is 5.28. The number of halogens is 1. The van der Waals surface area contributed by atoms with Gasteiger partial charge in [-0.05, 0) is 30.7 Å². The molecule has 1 saturated heterocycles. The Morgan fingerprint density at radius 3 is 2.80 bits per heavy atom. The van der Waals surface area contributed by atoms with Gasteiger partial charge in [-0.1, -0.05) is 11.6 Å². The maximum atomic E-state index is 11.6. The van der Waals surface area contributed by atoms with Gasteiger partial charge in [-0.25, -0.2) is 0 Å². The molecule has 0 aliphatic carbocycles. The van der Waals surface area contributed by atoms with Crippen LogP contribution in [0.1, 0.15) is 12.0 Å². The fraction of sp³-hybridized carbons (Fsp3) is 0.364. The fourth-order valence-corrected chi connectivity index (χ4v) is 2.12. The summed E-state index contributed by atoms with van der Waals surface area (Å²) in [5, 5.41) is 0.687. The van der Waals surface area contributed by atoms with E-state index in [4.69, 9.17) is 17.3 Å². The van der Waals surface area contributed by atoms with Crippen molar-refractivity contribution in [1.29, 1.82) is 0 Å². The van der Waals surface area contributed by atoms with Crippen LogP contribution in [0.5, 0.6) is 0 Å². The minimum atomic E-state index is -0.0485. The Morgan fingerprint density at radius 2 is 2.27 bits per heavy atom. The second kappa shape index (κ2) is 3.83. The second-order valence-electron chi connectivity index (χ2n) is 3.90. The minimum absolute atomic E-state index is 0.0485. The van der Waals surface area contributed by atoms with Crippen molar-refractivity contribution < 1.29 is 4.79 Å². The topological polar surface area (TPSA) is 46.3 Å². The lowest BCUT2D eigenvalue weighted by atomic mass is 10.2. The molecule has 1 aromatic carbocycles. The SMILES string of the molecule is Cc1cc(Cl)ccc1N1CC(N)CC1=O. The molecule has 0 spiro atoms. The molecular weight excluding hydrogens is 212 g/mol. The molecule has 3 nitrogen and oxygen atoms in total. The maximum Gasteiger partial charge on any atom is 0.228 e. The van der Waals surface area contributed by atoms with Crippen LogP contribution in [0.4, 0.5) is 5.69 Å². The number of aryl methyl sites for hydroxylation is 1. The van der Waals surface area contributed by atoms with Gasteiger partial charge in [0.1, 0.15) is 0 Å². The van der Waals surface area contributed by atoms with E-state index in [9.17, 15) is 4.79 Å². The molecule has 1 fully saturated rings. The lowest BCUT2D eigenvalue weighted by Crippen LogP contribution is -2.28. The van der Waals surface area contributed by atoms with E-state index in [1.165, 1.54) is 0 Å². The third-order valence-corrected chi connectivity index (χ3v) is 2.84. The Morgan fingerprint density at radius 1 is 1.53 bits per heavy atom. The quantitative estimate of drug-likeness (QED) is 0.790. The monoisotopic (exact) mass is 224 g/mol. The Labute approximate surface area is 93.8 Å². The summed E-state index contributed by atoms with van der Waals surface area (Å²) in [5.41, 5.74) is 7.66. The number of nitrogens with two attached hydrogens (primary N) is 1. The molecule has 1 heterocycles. The highest BCUT2D eigenvalue weighted by molar-refractivity contribution is 6.30. The molecule has 1 aliphatic rings. The number of carbonyl (C=O) groups excluding carboxylic acids is 1. The predicted molar refractivity (Wildman–Crippen MR) is 61.1 cm³/mol. The van der Waals surface area contributed by atoms with Crippen LogP contribution >= 0.6 is 11.6 Å². The summed E-state index contributed by atoms with van der Waals surface area (Å²) in [6.45, 7) is 2.54. The molecule has 1 unspecified atom stereocenters. The lowest BCUT2D eigenvalue weighted by Gasteiger charge is -2.18. The van der Waals surface area contributed by atoms with Crippen molar-refractivity contribution >= 4 is 23.2 Å². The lowest BCUT2D eigenvalue weighted by molar-refractivity contribution is -0.117. The van der Waals surface area contributed by atoms with Crippen LogP contribution in [-0.2, 0) is 4.79 Å². The van der Waals surface area contributed by atoms with Crippen LogP contribution in [0, 0.1) is 6.92 Å². The van der Waals surface area contributed by atoms with Gasteiger partial charge < -0.3 is 10.6 Å². The fourth-order valence-electron chi connectivity index (χ4n) is 1.89. The van der Waals surface area contributed by atoms with Crippen LogP contribution in [-0.4, -0.2) is 18.5 Å². The second-order valence-corrected chi connectivity index (χ2v) is 4.34. The Kier molecular flexibility index (Phi) is 2.67. The summed E-state index contributed by atoms with van der Waals surface area (Å²) < 4.78 is 0. The molecule has 0 bridgehead atoms. The number of anilines is 1. The molecule has 1 aliphatic heterocycles. The van der Waals surface area contributed by atoms with Gasteiger partial charge >= 0.3 is 0 Å². The van der Waals surface area contributed by atoms with Gasteiger partial charge in [0.2, 0.25) is 5.91 Å². The van der Waals surface area contributed by atoms with E-state index in [2.05, 4.69) is 0 Å². The van der Waals surface area contributed by atoms with Gasteiger partial charge in [-0.3, -0.25) is 4.79 Å². The van der Waals surface area contributed by atoms with Gasteiger partial charge in [0.15, 0.2) is 0 Å². The number of hydrogen-bond acceptors (Lipinski definition) is 2. The first kappa shape index (κ1) is 10.5. The van der Waals surface area contributed by atoms with Gasteiger partial charge in [0.25, 0.3) is 0 Å². The minimum Gasteiger partial charge on any atom is -0.326 e.